The lowest BCUT2D eigenvalue weighted by Gasteiger charge is -2.21. The molecule has 1 aromatic carbocycles. The molecule has 1 aromatic rings. The molecule has 0 atom stereocenters. The van der Waals surface area contributed by atoms with Crippen molar-refractivity contribution < 1.29 is 14.3 Å². The monoisotopic (exact) mass is 328 g/mol. The fourth-order valence-corrected chi connectivity index (χ4v) is 1.81. The smallest absolute Gasteiger partial charge is 0.407 e. The largest absolute Gasteiger partial charge is 0.450 e. The van der Waals surface area contributed by atoms with Crippen LogP contribution < -0.4 is 10.2 Å². The molecule has 1 rings (SSSR count). The number of amides is 2. The summed E-state index contributed by atoms with van der Waals surface area (Å²) in [6.45, 7) is 4.30. The average molecular weight is 329 g/mol. The van der Waals surface area contributed by atoms with Gasteiger partial charge in [0.05, 0.1) is 6.61 Å². The van der Waals surface area contributed by atoms with Crippen molar-refractivity contribution in [2.45, 2.75) is 13.8 Å². The summed E-state index contributed by atoms with van der Waals surface area (Å²) in [6, 6.07) is 7.42. The molecule has 6 heteroatoms. The third kappa shape index (κ3) is 5.30. The predicted molar refractivity (Wildman–Crippen MR) is 77.2 cm³/mol. The van der Waals surface area contributed by atoms with Crippen LogP contribution in [0.5, 0.6) is 0 Å². The molecule has 0 radical (unpaired) electrons. The Morgan fingerprint density at radius 3 is 2.47 bits per heavy atom. The summed E-state index contributed by atoms with van der Waals surface area (Å²) in [4.78, 5) is 24.3. The van der Waals surface area contributed by atoms with E-state index in [-0.39, 0.29) is 5.91 Å². The summed E-state index contributed by atoms with van der Waals surface area (Å²) in [5.74, 6) is -0.0759. The van der Waals surface area contributed by atoms with E-state index in [1.807, 2.05) is 24.3 Å². The van der Waals surface area contributed by atoms with E-state index in [9.17, 15) is 9.59 Å². The molecule has 0 aliphatic rings. The topological polar surface area (TPSA) is 58.6 Å². The maximum Gasteiger partial charge on any atom is 0.407 e. The Bertz CT molecular complexity index is 434. The zero-order chi connectivity index (χ0) is 14.3. The number of halogens is 1. The summed E-state index contributed by atoms with van der Waals surface area (Å²) in [6.07, 6.45) is -0.471. The summed E-state index contributed by atoms with van der Waals surface area (Å²) < 4.78 is 5.69. The highest BCUT2D eigenvalue weighted by molar-refractivity contribution is 9.10. The van der Waals surface area contributed by atoms with Crippen molar-refractivity contribution in [2.24, 2.45) is 0 Å². The van der Waals surface area contributed by atoms with E-state index < -0.39 is 6.09 Å². The lowest BCUT2D eigenvalue weighted by atomic mass is 10.3. The molecule has 0 aromatic heterocycles. The van der Waals surface area contributed by atoms with Crippen molar-refractivity contribution in [3.05, 3.63) is 28.7 Å². The third-order valence-corrected chi connectivity index (χ3v) is 2.93. The lowest BCUT2D eigenvalue weighted by molar-refractivity contribution is -0.116. The van der Waals surface area contributed by atoms with Gasteiger partial charge < -0.3 is 15.0 Å². The quantitative estimate of drug-likeness (QED) is 0.903. The van der Waals surface area contributed by atoms with E-state index in [1.54, 1.807) is 11.8 Å². The molecule has 0 saturated heterocycles. The Morgan fingerprint density at radius 1 is 1.32 bits per heavy atom. The Hall–Kier alpha value is -1.56. The predicted octanol–water partition coefficient (Wildman–Crippen LogP) is 2.55. The SMILES string of the molecule is CCOC(=O)NCCN(C(C)=O)c1ccc(Br)cc1. The van der Waals surface area contributed by atoms with Gasteiger partial charge in [-0.1, -0.05) is 15.9 Å². The summed E-state index contributed by atoms with van der Waals surface area (Å²) in [5, 5.41) is 2.59. The van der Waals surface area contributed by atoms with Crippen LogP contribution in [-0.4, -0.2) is 31.7 Å². The zero-order valence-corrected chi connectivity index (χ0v) is 12.6. The van der Waals surface area contributed by atoms with Gasteiger partial charge in [-0.15, -0.1) is 0 Å². The van der Waals surface area contributed by atoms with Crippen LogP contribution in [-0.2, 0) is 9.53 Å². The van der Waals surface area contributed by atoms with Gasteiger partial charge in [0.15, 0.2) is 0 Å². The number of carbonyl (C=O) groups is 2. The Kier molecular flexibility index (Phi) is 6.35. The maximum absolute atomic E-state index is 11.6. The fourth-order valence-electron chi connectivity index (χ4n) is 1.54. The number of ether oxygens (including phenoxy) is 1. The van der Waals surface area contributed by atoms with Crippen LogP contribution >= 0.6 is 15.9 Å². The molecule has 0 aliphatic heterocycles. The van der Waals surface area contributed by atoms with Crippen molar-refractivity contribution >= 4 is 33.6 Å². The van der Waals surface area contributed by atoms with E-state index in [0.717, 1.165) is 10.2 Å². The number of hydrogen-bond donors (Lipinski definition) is 1. The highest BCUT2D eigenvalue weighted by atomic mass is 79.9. The van der Waals surface area contributed by atoms with Crippen LogP contribution in [0.4, 0.5) is 10.5 Å². The van der Waals surface area contributed by atoms with Gasteiger partial charge in [-0.2, -0.15) is 0 Å². The molecule has 104 valence electrons. The van der Waals surface area contributed by atoms with Gasteiger partial charge in [0.2, 0.25) is 5.91 Å². The maximum atomic E-state index is 11.6. The molecular formula is C13H17BrN2O3. The fraction of sp³-hybridized carbons (Fsp3) is 0.385. The van der Waals surface area contributed by atoms with Crippen LogP contribution in [0, 0.1) is 0 Å². The number of hydrogen-bond acceptors (Lipinski definition) is 3. The molecule has 0 heterocycles. The number of carbonyl (C=O) groups excluding carboxylic acids is 2. The van der Waals surface area contributed by atoms with Gasteiger partial charge in [-0.3, -0.25) is 4.79 Å². The Morgan fingerprint density at radius 2 is 1.95 bits per heavy atom. The summed E-state index contributed by atoms with van der Waals surface area (Å²) in [7, 11) is 0. The van der Waals surface area contributed by atoms with E-state index in [2.05, 4.69) is 21.2 Å². The molecule has 0 aliphatic carbocycles. The first-order chi connectivity index (χ1) is 9.04. The second-order valence-corrected chi connectivity index (χ2v) is 4.71. The van der Waals surface area contributed by atoms with Crippen LogP contribution in [0.15, 0.2) is 28.7 Å². The number of anilines is 1. The van der Waals surface area contributed by atoms with Gasteiger partial charge in [-0.25, -0.2) is 4.79 Å². The van der Waals surface area contributed by atoms with E-state index in [1.165, 1.54) is 6.92 Å². The molecule has 0 spiro atoms. The number of nitrogens with zero attached hydrogens (tertiary/aromatic N) is 1. The Balaban J connectivity index is 2.57. The van der Waals surface area contributed by atoms with Crippen molar-refractivity contribution in [1.82, 2.24) is 5.32 Å². The first-order valence-electron chi connectivity index (χ1n) is 5.99. The standard InChI is InChI=1S/C13H17BrN2O3/c1-3-19-13(18)15-8-9-16(10(2)17)12-6-4-11(14)5-7-12/h4-7H,3,8-9H2,1-2H3,(H,15,18). The number of alkyl carbamates (subject to hydrolysis) is 1. The van der Waals surface area contributed by atoms with Gasteiger partial charge in [0.1, 0.15) is 0 Å². The van der Waals surface area contributed by atoms with E-state index >= 15 is 0 Å². The molecular weight excluding hydrogens is 312 g/mol. The highest BCUT2D eigenvalue weighted by Crippen LogP contribution is 2.18. The van der Waals surface area contributed by atoms with E-state index in [4.69, 9.17) is 4.74 Å². The first kappa shape index (κ1) is 15.5. The zero-order valence-electron chi connectivity index (χ0n) is 11.0. The molecule has 19 heavy (non-hydrogen) atoms. The van der Waals surface area contributed by atoms with Crippen LogP contribution in [0.3, 0.4) is 0 Å². The molecule has 0 fully saturated rings. The second-order valence-electron chi connectivity index (χ2n) is 3.79. The van der Waals surface area contributed by atoms with E-state index in [0.29, 0.717) is 19.7 Å². The molecule has 2 amide bonds. The first-order valence-corrected chi connectivity index (χ1v) is 6.78. The number of benzene rings is 1. The number of rotatable bonds is 5. The third-order valence-electron chi connectivity index (χ3n) is 2.40. The second kappa shape index (κ2) is 7.78. The van der Waals surface area contributed by atoms with Crippen molar-refractivity contribution in [2.75, 3.05) is 24.6 Å². The van der Waals surface area contributed by atoms with Crippen molar-refractivity contribution in [3.63, 3.8) is 0 Å². The molecule has 0 unspecified atom stereocenters. The summed E-state index contributed by atoms with van der Waals surface area (Å²) in [5.41, 5.74) is 0.793. The van der Waals surface area contributed by atoms with Gasteiger partial charge >= 0.3 is 6.09 Å². The molecule has 0 bridgehead atoms. The van der Waals surface area contributed by atoms with Gasteiger partial charge in [0, 0.05) is 30.2 Å². The minimum atomic E-state index is -0.471. The van der Waals surface area contributed by atoms with Crippen molar-refractivity contribution in [1.29, 1.82) is 0 Å². The lowest BCUT2D eigenvalue weighted by Crippen LogP contribution is -2.37. The number of nitrogens with one attached hydrogen (secondary N) is 1. The minimum Gasteiger partial charge on any atom is -0.450 e. The highest BCUT2D eigenvalue weighted by Gasteiger charge is 2.11. The Labute approximate surface area is 121 Å². The van der Waals surface area contributed by atoms with Crippen molar-refractivity contribution in [3.8, 4) is 0 Å². The molecule has 1 N–H and O–H groups in total. The van der Waals surface area contributed by atoms with Crippen LogP contribution in [0.25, 0.3) is 0 Å². The van der Waals surface area contributed by atoms with Crippen LogP contribution in [0.2, 0.25) is 0 Å². The minimum absolute atomic E-state index is 0.0759. The average Bonchev–Trinajstić information content (AvgIpc) is 2.36. The van der Waals surface area contributed by atoms with Gasteiger partial charge in [0.25, 0.3) is 0 Å². The molecule has 0 saturated carbocycles. The van der Waals surface area contributed by atoms with Crippen LogP contribution in [0.1, 0.15) is 13.8 Å². The summed E-state index contributed by atoms with van der Waals surface area (Å²) >= 11 is 3.34. The molecule has 5 nitrogen and oxygen atoms in total. The van der Waals surface area contributed by atoms with Gasteiger partial charge in [-0.05, 0) is 31.2 Å². The normalized spacial score (nSPS) is 9.84.